The molecule has 0 saturated heterocycles. The first kappa shape index (κ1) is 29.1. The van der Waals surface area contributed by atoms with Gasteiger partial charge in [-0.3, -0.25) is 0 Å². The molecule has 1 aliphatic rings. The van der Waals surface area contributed by atoms with Crippen molar-refractivity contribution in [2.24, 2.45) is 5.92 Å². The number of rotatable bonds is 10. The molecule has 0 bridgehead atoms. The maximum absolute atomic E-state index is 13.1. The van der Waals surface area contributed by atoms with Crippen molar-refractivity contribution in [3.05, 3.63) is 126 Å². The number of benzene rings is 3. The summed E-state index contributed by atoms with van der Waals surface area (Å²) in [6.45, 7) is 0.683. The molecule has 1 unspecified atom stereocenters. The summed E-state index contributed by atoms with van der Waals surface area (Å²) in [6.07, 6.45) is 9.96. The quantitative estimate of drug-likeness (QED) is 0.189. The van der Waals surface area contributed by atoms with Gasteiger partial charge in [-0.15, -0.1) is 0 Å². The molecule has 1 saturated carbocycles. The molecule has 1 aliphatic carbocycles. The van der Waals surface area contributed by atoms with E-state index in [0.29, 0.717) is 18.2 Å². The molecule has 7 heteroatoms. The molecule has 3 aromatic carbocycles. The van der Waals surface area contributed by atoms with E-state index in [2.05, 4.69) is 46.3 Å². The minimum atomic E-state index is -0.862. The Hall–Kier alpha value is -4.39. The first-order chi connectivity index (χ1) is 20.5. The summed E-state index contributed by atoms with van der Waals surface area (Å²) in [7, 11) is 3.14. The van der Waals surface area contributed by atoms with Crippen LogP contribution in [0, 0.1) is 5.92 Å². The zero-order valence-corrected chi connectivity index (χ0v) is 24.5. The van der Waals surface area contributed by atoms with E-state index < -0.39 is 17.6 Å². The number of urea groups is 1. The van der Waals surface area contributed by atoms with E-state index in [9.17, 15) is 9.59 Å². The van der Waals surface area contributed by atoms with Gasteiger partial charge in [-0.2, -0.15) is 0 Å². The summed E-state index contributed by atoms with van der Waals surface area (Å²) in [6, 6.07) is 29.9. The maximum atomic E-state index is 13.1. The Kier molecular flexibility index (Phi) is 9.37. The number of nitrogens with zero attached hydrogens (tertiary/aromatic N) is 3. The van der Waals surface area contributed by atoms with E-state index in [0.717, 1.165) is 29.5 Å². The van der Waals surface area contributed by atoms with Crippen molar-refractivity contribution in [2.45, 2.75) is 50.1 Å². The molecular formula is C35H40N4O3. The van der Waals surface area contributed by atoms with Crippen LogP contribution >= 0.6 is 0 Å². The summed E-state index contributed by atoms with van der Waals surface area (Å²) in [5.74, 6) is 0.00765. The van der Waals surface area contributed by atoms with Crippen molar-refractivity contribution >= 4 is 12.0 Å². The molecular weight excluding hydrogens is 524 g/mol. The number of hydrogen-bond donors (Lipinski definition) is 1. The molecule has 42 heavy (non-hydrogen) atoms. The Morgan fingerprint density at radius 2 is 1.43 bits per heavy atom. The van der Waals surface area contributed by atoms with Gasteiger partial charge in [0.25, 0.3) is 0 Å². The van der Waals surface area contributed by atoms with Crippen LogP contribution in [0.4, 0.5) is 4.79 Å². The van der Waals surface area contributed by atoms with Crippen molar-refractivity contribution in [1.82, 2.24) is 19.8 Å². The summed E-state index contributed by atoms with van der Waals surface area (Å²) >= 11 is 0. The van der Waals surface area contributed by atoms with Gasteiger partial charge in [-0.05, 0) is 35.4 Å². The molecule has 218 valence electrons. The Bertz CT molecular complexity index is 1340. The van der Waals surface area contributed by atoms with E-state index in [1.165, 1.54) is 26.4 Å². The monoisotopic (exact) mass is 564 g/mol. The Morgan fingerprint density at radius 1 is 0.905 bits per heavy atom. The van der Waals surface area contributed by atoms with Crippen LogP contribution in [0.15, 0.2) is 104 Å². The number of carbonyl (C=O) groups excluding carboxylic acids is 2. The van der Waals surface area contributed by atoms with Gasteiger partial charge in [0, 0.05) is 26.2 Å². The van der Waals surface area contributed by atoms with Crippen LogP contribution in [0.1, 0.15) is 54.5 Å². The van der Waals surface area contributed by atoms with E-state index in [1.807, 2.05) is 67.1 Å². The fourth-order valence-corrected chi connectivity index (χ4v) is 6.28. The summed E-state index contributed by atoms with van der Waals surface area (Å²) in [5, 5.41) is 2.91. The molecule has 7 nitrogen and oxygen atoms in total. The normalized spacial score (nSPS) is 14.6. The molecule has 1 atom stereocenters. The molecule has 0 radical (unpaired) electrons. The van der Waals surface area contributed by atoms with Gasteiger partial charge in [0.1, 0.15) is 11.6 Å². The van der Waals surface area contributed by atoms with Gasteiger partial charge < -0.3 is 19.5 Å². The fourth-order valence-electron chi connectivity index (χ4n) is 6.28. The van der Waals surface area contributed by atoms with Gasteiger partial charge in [0.2, 0.25) is 0 Å². The second-order valence-corrected chi connectivity index (χ2v) is 11.2. The van der Waals surface area contributed by atoms with Crippen LogP contribution in [0.3, 0.4) is 0 Å². The smallest absolute Gasteiger partial charge is 0.328 e. The van der Waals surface area contributed by atoms with Crippen molar-refractivity contribution in [2.75, 3.05) is 20.7 Å². The predicted octanol–water partition coefficient (Wildman–Crippen LogP) is 6.03. The SMILES string of the molecule is COC(=O)C(Cc1cn(C(c2ccccc2)(c2ccccc2)c2ccccc2)cn1)NC(=O)N(C)CC1CCCCC1. The topological polar surface area (TPSA) is 76.5 Å². The lowest BCUT2D eigenvalue weighted by molar-refractivity contribution is -0.142. The predicted molar refractivity (Wildman–Crippen MR) is 164 cm³/mol. The third-order valence-corrected chi connectivity index (χ3v) is 8.40. The molecule has 0 aliphatic heterocycles. The van der Waals surface area contributed by atoms with Crippen LogP contribution in [-0.4, -0.2) is 53.2 Å². The van der Waals surface area contributed by atoms with Gasteiger partial charge in [0.05, 0.1) is 19.1 Å². The minimum absolute atomic E-state index is 0.205. The largest absolute Gasteiger partial charge is 0.467 e. The molecule has 1 aromatic heterocycles. The Morgan fingerprint density at radius 3 is 1.93 bits per heavy atom. The van der Waals surface area contributed by atoms with Gasteiger partial charge in [-0.1, -0.05) is 110 Å². The summed E-state index contributed by atoms with van der Waals surface area (Å²) < 4.78 is 7.20. The van der Waals surface area contributed by atoms with Gasteiger partial charge in [-0.25, -0.2) is 14.6 Å². The lowest BCUT2D eigenvalue weighted by Crippen LogP contribution is -2.49. The van der Waals surface area contributed by atoms with E-state index in [4.69, 9.17) is 9.72 Å². The third kappa shape index (κ3) is 6.25. The molecule has 5 rings (SSSR count). The van der Waals surface area contributed by atoms with Crippen molar-refractivity contribution in [1.29, 1.82) is 0 Å². The van der Waals surface area contributed by atoms with Crippen LogP contribution in [0.25, 0.3) is 0 Å². The lowest BCUT2D eigenvalue weighted by Gasteiger charge is -2.37. The molecule has 2 amide bonds. The fraction of sp³-hybridized carbons (Fsp3) is 0.343. The zero-order valence-electron chi connectivity index (χ0n) is 24.5. The number of esters is 1. The number of amides is 2. The van der Waals surface area contributed by atoms with Crippen molar-refractivity contribution < 1.29 is 14.3 Å². The first-order valence-electron chi connectivity index (χ1n) is 14.8. The van der Waals surface area contributed by atoms with E-state index in [1.54, 1.807) is 11.9 Å². The van der Waals surface area contributed by atoms with Crippen LogP contribution < -0.4 is 5.32 Å². The van der Waals surface area contributed by atoms with Crippen LogP contribution in [0.5, 0.6) is 0 Å². The highest BCUT2D eigenvalue weighted by Crippen LogP contribution is 2.40. The van der Waals surface area contributed by atoms with Crippen LogP contribution in [0.2, 0.25) is 0 Å². The molecule has 0 spiro atoms. The third-order valence-electron chi connectivity index (χ3n) is 8.40. The minimum Gasteiger partial charge on any atom is -0.467 e. The van der Waals surface area contributed by atoms with Crippen molar-refractivity contribution in [3.63, 3.8) is 0 Å². The average Bonchev–Trinajstić information content (AvgIpc) is 3.51. The highest BCUT2D eigenvalue weighted by Gasteiger charge is 2.38. The zero-order chi connectivity index (χ0) is 29.4. The van der Waals surface area contributed by atoms with E-state index >= 15 is 0 Å². The molecule has 4 aromatic rings. The number of hydrogen-bond acceptors (Lipinski definition) is 4. The summed E-state index contributed by atoms with van der Waals surface area (Å²) in [5.41, 5.74) is 3.20. The van der Waals surface area contributed by atoms with E-state index in [-0.39, 0.29) is 12.5 Å². The second-order valence-electron chi connectivity index (χ2n) is 11.2. The highest BCUT2D eigenvalue weighted by molar-refractivity contribution is 5.83. The first-order valence-corrected chi connectivity index (χ1v) is 14.8. The number of methoxy groups -OCH3 is 1. The Labute approximate surface area is 248 Å². The van der Waals surface area contributed by atoms with Gasteiger partial charge in [0.15, 0.2) is 0 Å². The number of nitrogens with one attached hydrogen (secondary N) is 1. The molecule has 1 N–H and O–H groups in total. The average molecular weight is 565 g/mol. The second kappa shape index (κ2) is 13.5. The summed E-state index contributed by atoms with van der Waals surface area (Å²) in [4.78, 5) is 32.4. The number of carbonyl (C=O) groups is 2. The van der Waals surface area contributed by atoms with Crippen molar-refractivity contribution in [3.8, 4) is 0 Å². The van der Waals surface area contributed by atoms with Gasteiger partial charge >= 0.3 is 12.0 Å². The Balaban J connectivity index is 1.46. The molecule has 1 heterocycles. The number of ether oxygens (including phenoxy) is 1. The number of aromatic nitrogens is 2. The maximum Gasteiger partial charge on any atom is 0.328 e. The highest BCUT2D eigenvalue weighted by atomic mass is 16.5. The standard InChI is InChI=1S/C35H40N4O3/c1-38(24-27-15-7-3-8-16-27)34(41)37-32(33(40)42-2)23-31-25-39(26-36-31)35(28-17-9-4-10-18-28,29-19-11-5-12-20-29)30-21-13-6-14-22-30/h4-6,9-14,17-22,25-27,32H,3,7-8,15-16,23-24H2,1-2H3,(H,37,41). The van der Waals surface area contributed by atoms with Crippen LogP contribution in [-0.2, 0) is 21.5 Å². The lowest BCUT2D eigenvalue weighted by atomic mass is 9.77. The number of imidazole rings is 1. The molecule has 1 fully saturated rings.